The van der Waals surface area contributed by atoms with Gasteiger partial charge in [0.25, 0.3) is 0 Å². The fraction of sp³-hybridized carbons (Fsp3) is 0.571. The van der Waals surface area contributed by atoms with Gasteiger partial charge in [-0.2, -0.15) is 5.26 Å². The summed E-state index contributed by atoms with van der Waals surface area (Å²) in [5, 5.41) is 18.7. The molecule has 106 valence electrons. The summed E-state index contributed by atoms with van der Waals surface area (Å²) < 4.78 is 11.9. The zero-order valence-corrected chi connectivity index (χ0v) is 12.5. The molecule has 1 saturated heterocycles. The van der Waals surface area contributed by atoms with Gasteiger partial charge in [0.1, 0.15) is 11.8 Å². The monoisotopic (exact) mass is 274 g/mol. The van der Waals surface area contributed by atoms with Crippen molar-refractivity contribution < 1.29 is 14.4 Å². The van der Waals surface area contributed by atoms with Gasteiger partial charge in [-0.3, -0.25) is 0 Å². The summed E-state index contributed by atoms with van der Waals surface area (Å²) in [5.41, 5.74) is 0.491. The first-order chi connectivity index (χ1) is 9.16. The average Bonchev–Trinajstić information content (AvgIpc) is 2.58. The SMILES string of the molecule is CC(O)c1cc(B2OC(C)(C)C(C)(C)O2)cc(C#N)n1. The lowest BCUT2D eigenvalue weighted by Gasteiger charge is -2.32. The van der Waals surface area contributed by atoms with Crippen molar-refractivity contribution in [1.29, 1.82) is 5.26 Å². The summed E-state index contributed by atoms with van der Waals surface area (Å²) in [6.45, 7) is 9.48. The third kappa shape index (κ3) is 2.57. The summed E-state index contributed by atoms with van der Waals surface area (Å²) in [4.78, 5) is 4.07. The molecular formula is C14H19BN2O3. The lowest BCUT2D eigenvalue weighted by atomic mass is 9.78. The van der Waals surface area contributed by atoms with Crippen LogP contribution in [0.4, 0.5) is 0 Å². The molecule has 0 aromatic carbocycles. The molecule has 2 rings (SSSR count). The Morgan fingerprint density at radius 2 is 1.80 bits per heavy atom. The normalized spacial score (nSPS) is 21.6. The Hall–Kier alpha value is -1.42. The number of aliphatic hydroxyl groups is 1. The second-order valence-corrected chi connectivity index (χ2v) is 6.09. The van der Waals surface area contributed by atoms with Crippen LogP contribution in [-0.4, -0.2) is 28.4 Å². The van der Waals surface area contributed by atoms with Gasteiger partial charge in [0.2, 0.25) is 0 Å². The van der Waals surface area contributed by atoms with Crippen molar-refractivity contribution in [3.63, 3.8) is 0 Å². The maximum Gasteiger partial charge on any atom is 0.495 e. The minimum Gasteiger partial charge on any atom is -0.399 e. The predicted octanol–water partition coefficient (Wildman–Crippen LogP) is 1.31. The van der Waals surface area contributed by atoms with E-state index in [9.17, 15) is 5.11 Å². The molecule has 20 heavy (non-hydrogen) atoms. The molecule has 6 heteroatoms. The smallest absolute Gasteiger partial charge is 0.399 e. The molecule has 0 aliphatic carbocycles. The van der Waals surface area contributed by atoms with E-state index in [1.807, 2.05) is 33.8 Å². The highest BCUT2D eigenvalue weighted by atomic mass is 16.7. The molecule has 5 nitrogen and oxygen atoms in total. The van der Waals surface area contributed by atoms with Crippen molar-refractivity contribution in [2.45, 2.75) is 51.9 Å². The van der Waals surface area contributed by atoms with Crippen LogP contribution in [-0.2, 0) is 9.31 Å². The molecule has 1 atom stereocenters. The first-order valence-electron chi connectivity index (χ1n) is 6.62. The Labute approximate surface area is 119 Å². The van der Waals surface area contributed by atoms with E-state index >= 15 is 0 Å². The van der Waals surface area contributed by atoms with Gasteiger partial charge in [-0.05, 0) is 52.2 Å². The van der Waals surface area contributed by atoms with Gasteiger partial charge in [-0.15, -0.1) is 0 Å². The molecule has 1 N–H and O–H groups in total. The maximum atomic E-state index is 9.66. The van der Waals surface area contributed by atoms with Crippen LogP contribution in [0.2, 0.25) is 0 Å². The first kappa shape index (κ1) is 15.0. The highest BCUT2D eigenvalue weighted by molar-refractivity contribution is 6.62. The van der Waals surface area contributed by atoms with E-state index in [0.717, 1.165) is 0 Å². The number of rotatable bonds is 2. The summed E-state index contributed by atoms with van der Waals surface area (Å²) in [6.07, 6.45) is -0.746. The van der Waals surface area contributed by atoms with E-state index < -0.39 is 24.4 Å². The fourth-order valence-electron chi connectivity index (χ4n) is 1.96. The molecule has 1 aromatic rings. The zero-order valence-electron chi connectivity index (χ0n) is 12.5. The van der Waals surface area contributed by atoms with E-state index in [1.54, 1.807) is 19.1 Å². The maximum absolute atomic E-state index is 9.66. The van der Waals surface area contributed by atoms with E-state index in [0.29, 0.717) is 11.2 Å². The van der Waals surface area contributed by atoms with Gasteiger partial charge in [0.05, 0.1) is 23.0 Å². The Kier molecular flexibility index (Phi) is 3.63. The molecule has 0 amide bonds. The molecule has 1 aliphatic heterocycles. The zero-order chi connectivity index (χ0) is 15.1. The standard InChI is InChI=1S/C14H19BN2O3/c1-9(18)12-7-10(6-11(8-16)17-12)15-19-13(2,3)14(4,5)20-15/h6-7,9,18H,1-5H3. The van der Waals surface area contributed by atoms with Crippen molar-refractivity contribution >= 4 is 12.6 Å². The van der Waals surface area contributed by atoms with Gasteiger partial charge in [-0.1, -0.05) is 0 Å². The lowest BCUT2D eigenvalue weighted by molar-refractivity contribution is 0.00578. The number of nitrogens with zero attached hydrogens (tertiary/aromatic N) is 2. The van der Waals surface area contributed by atoms with Gasteiger partial charge >= 0.3 is 7.12 Å². The van der Waals surface area contributed by atoms with Crippen molar-refractivity contribution in [2.24, 2.45) is 0 Å². The first-order valence-corrected chi connectivity index (χ1v) is 6.62. The third-order valence-corrected chi connectivity index (χ3v) is 3.94. The molecule has 1 aromatic heterocycles. The topological polar surface area (TPSA) is 75.4 Å². The van der Waals surface area contributed by atoms with Gasteiger partial charge in [-0.25, -0.2) is 4.98 Å². The van der Waals surface area contributed by atoms with Gasteiger partial charge < -0.3 is 14.4 Å². The quantitative estimate of drug-likeness (QED) is 0.823. The molecule has 0 radical (unpaired) electrons. The molecule has 1 aliphatic rings. The van der Waals surface area contributed by atoms with Crippen LogP contribution in [0.3, 0.4) is 0 Å². The van der Waals surface area contributed by atoms with Crippen LogP contribution in [0.5, 0.6) is 0 Å². The van der Waals surface area contributed by atoms with Crippen LogP contribution in [0.1, 0.15) is 52.1 Å². The van der Waals surface area contributed by atoms with Crippen LogP contribution < -0.4 is 5.46 Å². The van der Waals surface area contributed by atoms with Crippen LogP contribution in [0, 0.1) is 11.3 Å². The summed E-state index contributed by atoms with van der Waals surface area (Å²) in [7, 11) is -0.562. The van der Waals surface area contributed by atoms with Crippen molar-refractivity contribution in [3.05, 3.63) is 23.5 Å². The Bertz CT molecular complexity index is 548. The molecule has 1 fully saturated rings. The van der Waals surface area contributed by atoms with Crippen LogP contribution >= 0.6 is 0 Å². The number of nitriles is 1. The number of pyridine rings is 1. The van der Waals surface area contributed by atoms with Gasteiger partial charge in [0, 0.05) is 0 Å². The minimum atomic E-state index is -0.746. The lowest BCUT2D eigenvalue weighted by Crippen LogP contribution is -2.41. The second-order valence-electron chi connectivity index (χ2n) is 6.09. The largest absolute Gasteiger partial charge is 0.495 e. The van der Waals surface area contributed by atoms with Crippen molar-refractivity contribution in [2.75, 3.05) is 0 Å². The van der Waals surface area contributed by atoms with E-state index in [4.69, 9.17) is 14.6 Å². The molecule has 2 heterocycles. The summed E-state index contributed by atoms with van der Waals surface area (Å²) in [5.74, 6) is 0. The molecule has 0 saturated carbocycles. The Balaban J connectivity index is 2.40. The Morgan fingerprint density at radius 3 is 2.25 bits per heavy atom. The molecule has 0 bridgehead atoms. The van der Waals surface area contributed by atoms with Gasteiger partial charge in [0.15, 0.2) is 0 Å². The number of hydrogen-bond acceptors (Lipinski definition) is 5. The Morgan fingerprint density at radius 1 is 1.25 bits per heavy atom. The van der Waals surface area contributed by atoms with Crippen molar-refractivity contribution in [1.82, 2.24) is 4.98 Å². The summed E-state index contributed by atoms with van der Waals surface area (Å²) in [6, 6.07) is 5.34. The highest BCUT2D eigenvalue weighted by Gasteiger charge is 2.51. The highest BCUT2D eigenvalue weighted by Crippen LogP contribution is 2.36. The average molecular weight is 274 g/mol. The van der Waals surface area contributed by atoms with E-state index in [-0.39, 0.29) is 5.69 Å². The number of hydrogen-bond donors (Lipinski definition) is 1. The fourth-order valence-corrected chi connectivity index (χ4v) is 1.96. The number of aromatic nitrogens is 1. The predicted molar refractivity (Wildman–Crippen MR) is 75.3 cm³/mol. The van der Waals surface area contributed by atoms with Crippen LogP contribution in [0.25, 0.3) is 0 Å². The van der Waals surface area contributed by atoms with Crippen molar-refractivity contribution in [3.8, 4) is 6.07 Å². The minimum absolute atomic E-state index is 0.244. The third-order valence-electron chi connectivity index (χ3n) is 3.94. The number of aliphatic hydroxyl groups excluding tert-OH is 1. The summed E-state index contributed by atoms with van der Waals surface area (Å²) >= 11 is 0. The molecular weight excluding hydrogens is 255 g/mol. The second kappa shape index (κ2) is 4.85. The van der Waals surface area contributed by atoms with Crippen LogP contribution in [0.15, 0.2) is 12.1 Å². The molecule has 0 spiro atoms. The molecule has 1 unspecified atom stereocenters. The van der Waals surface area contributed by atoms with E-state index in [2.05, 4.69) is 4.98 Å². The van der Waals surface area contributed by atoms with E-state index in [1.165, 1.54) is 0 Å².